The second-order valence-electron chi connectivity index (χ2n) is 7.08. The van der Waals surface area contributed by atoms with Crippen LogP contribution in [-0.2, 0) is 11.3 Å². The molecule has 2 fully saturated rings. The number of carbonyl (C=O) groups is 1. The highest BCUT2D eigenvalue weighted by molar-refractivity contribution is 5.96. The molecule has 6 heteroatoms. The van der Waals surface area contributed by atoms with Gasteiger partial charge in [0.05, 0.1) is 12.0 Å². The highest BCUT2D eigenvalue weighted by Crippen LogP contribution is 2.44. The molecule has 0 unspecified atom stereocenters. The lowest BCUT2D eigenvalue weighted by atomic mass is 9.67. The minimum Gasteiger partial charge on any atom is -0.326 e. The van der Waals surface area contributed by atoms with E-state index in [1.54, 1.807) is 6.20 Å². The number of amides is 1. The third-order valence-corrected chi connectivity index (χ3v) is 5.61. The van der Waals surface area contributed by atoms with Crippen LogP contribution in [0.25, 0.3) is 0 Å². The van der Waals surface area contributed by atoms with E-state index in [1.165, 1.54) is 18.4 Å². The molecule has 1 aromatic heterocycles. The average Bonchev–Trinajstić information content (AvgIpc) is 3.26. The summed E-state index contributed by atoms with van der Waals surface area (Å²) in [5.74, 6) is 0.683. The third-order valence-electron chi connectivity index (χ3n) is 5.61. The van der Waals surface area contributed by atoms with E-state index in [0.717, 1.165) is 38.2 Å². The lowest BCUT2D eigenvalue weighted by Crippen LogP contribution is -2.44. The van der Waals surface area contributed by atoms with Crippen LogP contribution in [0.3, 0.4) is 0 Å². The van der Waals surface area contributed by atoms with Gasteiger partial charge in [-0.2, -0.15) is 5.10 Å². The third kappa shape index (κ3) is 3.58. The van der Waals surface area contributed by atoms with Gasteiger partial charge in [0.2, 0.25) is 5.91 Å². The number of nitrogens with one attached hydrogen (secondary N) is 2. The maximum absolute atomic E-state index is 12.9. The Labute approximate surface area is 154 Å². The van der Waals surface area contributed by atoms with Gasteiger partial charge in [0, 0.05) is 24.6 Å². The quantitative estimate of drug-likeness (QED) is 0.880. The van der Waals surface area contributed by atoms with E-state index in [4.69, 9.17) is 0 Å². The highest BCUT2D eigenvalue weighted by Gasteiger charge is 2.49. The van der Waals surface area contributed by atoms with E-state index in [1.807, 2.05) is 29.1 Å². The Morgan fingerprint density at radius 1 is 1.32 bits per heavy atom. The van der Waals surface area contributed by atoms with Crippen LogP contribution in [0.5, 0.6) is 0 Å². The van der Waals surface area contributed by atoms with Crippen molar-refractivity contribution < 1.29 is 4.79 Å². The van der Waals surface area contributed by atoms with E-state index >= 15 is 0 Å². The molecule has 2 atom stereocenters. The maximum atomic E-state index is 12.9. The van der Waals surface area contributed by atoms with Crippen molar-refractivity contribution in [3.8, 4) is 0 Å². The summed E-state index contributed by atoms with van der Waals surface area (Å²) in [4.78, 5) is 12.9. The molecule has 1 aliphatic heterocycles. The number of benzene rings is 1. The lowest BCUT2D eigenvalue weighted by molar-refractivity contribution is -0.128. The fraction of sp³-hybridized carbons (Fsp3) is 0.474. The van der Waals surface area contributed by atoms with Gasteiger partial charge in [0.25, 0.3) is 0 Å². The first-order chi connectivity index (χ1) is 11.8. The molecular weight excluding hydrogens is 336 g/mol. The maximum Gasteiger partial charge on any atom is 0.232 e. The van der Waals surface area contributed by atoms with Gasteiger partial charge in [0.1, 0.15) is 0 Å². The van der Waals surface area contributed by atoms with Crippen molar-refractivity contribution in [2.24, 2.45) is 11.3 Å². The summed E-state index contributed by atoms with van der Waals surface area (Å²) in [6.07, 6.45) is 8.32. The van der Waals surface area contributed by atoms with Crippen molar-refractivity contribution in [2.75, 3.05) is 18.4 Å². The number of aromatic nitrogens is 2. The van der Waals surface area contributed by atoms with E-state index < -0.39 is 0 Å². The molecule has 1 aromatic carbocycles. The molecule has 0 radical (unpaired) electrons. The van der Waals surface area contributed by atoms with Crippen LogP contribution in [0.2, 0.25) is 0 Å². The zero-order valence-electron chi connectivity index (χ0n) is 14.3. The van der Waals surface area contributed by atoms with Crippen LogP contribution in [-0.4, -0.2) is 28.8 Å². The van der Waals surface area contributed by atoms with Gasteiger partial charge in [-0.05, 0) is 49.1 Å². The molecule has 0 bridgehead atoms. The Kier molecular flexibility index (Phi) is 5.45. The number of nitrogens with zero attached hydrogens (tertiary/aromatic N) is 2. The van der Waals surface area contributed by atoms with Crippen molar-refractivity contribution in [3.63, 3.8) is 0 Å². The number of halogens is 1. The smallest absolute Gasteiger partial charge is 0.232 e. The first kappa shape index (κ1) is 18.0. The monoisotopic (exact) mass is 360 g/mol. The van der Waals surface area contributed by atoms with Gasteiger partial charge < -0.3 is 10.6 Å². The fourth-order valence-corrected chi connectivity index (χ4v) is 4.22. The molecule has 134 valence electrons. The van der Waals surface area contributed by atoms with Gasteiger partial charge in [-0.1, -0.05) is 25.0 Å². The lowest BCUT2D eigenvalue weighted by Gasteiger charge is -2.37. The molecular formula is C19H25ClN4O. The second kappa shape index (κ2) is 7.58. The Balaban J connectivity index is 0.00000182. The van der Waals surface area contributed by atoms with Gasteiger partial charge >= 0.3 is 0 Å². The van der Waals surface area contributed by atoms with Gasteiger partial charge in [0.15, 0.2) is 0 Å². The van der Waals surface area contributed by atoms with Crippen LogP contribution < -0.4 is 10.6 Å². The normalized spacial score (nSPS) is 25.0. The molecule has 5 nitrogen and oxygen atoms in total. The van der Waals surface area contributed by atoms with Gasteiger partial charge in [-0.15, -0.1) is 12.4 Å². The number of carbonyl (C=O) groups excluding carboxylic acids is 1. The average molecular weight is 361 g/mol. The molecule has 1 aliphatic carbocycles. The summed E-state index contributed by atoms with van der Waals surface area (Å²) < 4.78 is 1.89. The summed E-state index contributed by atoms with van der Waals surface area (Å²) in [5.41, 5.74) is 1.86. The largest absolute Gasteiger partial charge is 0.326 e. The predicted molar refractivity (Wildman–Crippen MR) is 101 cm³/mol. The van der Waals surface area contributed by atoms with Crippen molar-refractivity contribution in [1.29, 1.82) is 0 Å². The molecule has 2 heterocycles. The van der Waals surface area contributed by atoms with Crippen molar-refractivity contribution >= 4 is 24.0 Å². The number of hydrogen-bond donors (Lipinski definition) is 2. The summed E-state index contributed by atoms with van der Waals surface area (Å²) in [7, 11) is 0. The van der Waals surface area contributed by atoms with Crippen molar-refractivity contribution in [2.45, 2.75) is 32.2 Å². The molecule has 0 spiro atoms. The number of fused-ring (bicyclic) bond motifs is 1. The van der Waals surface area contributed by atoms with Crippen LogP contribution >= 0.6 is 12.4 Å². The molecule has 25 heavy (non-hydrogen) atoms. The van der Waals surface area contributed by atoms with Crippen molar-refractivity contribution in [1.82, 2.24) is 15.1 Å². The van der Waals surface area contributed by atoms with E-state index in [2.05, 4.69) is 27.9 Å². The van der Waals surface area contributed by atoms with Crippen molar-refractivity contribution in [3.05, 3.63) is 48.3 Å². The van der Waals surface area contributed by atoms with Gasteiger partial charge in [-0.3, -0.25) is 9.48 Å². The Morgan fingerprint density at radius 3 is 2.92 bits per heavy atom. The predicted octanol–water partition coefficient (Wildman–Crippen LogP) is 3.07. The summed E-state index contributed by atoms with van der Waals surface area (Å²) in [5, 5.41) is 10.8. The van der Waals surface area contributed by atoms with Crippen LogP contribution in [0.1, 0.15) is 31.2 Å². The minimum absolute atomic E-state index is 0. The molecule has 2 aromatic rings. The first-order valence-corrected chi connectivity index (χ1v) is 8.85. The minimum atomic E-state index is -0.202. The molecule has 1 saturated carbocycles. The first-order valence-electron chi connectivity index (χ1n) is 8.85. The molecule has 4 rings (SSSR count). The van der Waals surface area contributed by atoms with E-state index in [-0.39, 0.29) is 23.7 Å². The molecule has 2 N–H and O–H groups in total. The number of anilines is 1. The summed E-state index contributed by atoms with van der Waals surface area (Å²) in [6.45, 7) is 2.55. The van der Waals surface area contributed by atoms with Crippen LogP contribution in [0.4, 0.5) is 5.69 Å². The van der Waals surface area contributed by atoms with Gasteiger partial charge in [-0.25, -0.2) is 0 Å². The molecule has 2 aliphatic rings. The Hall–Kier alpha value is -1.85. The highest BCUT2D eigenvalue weighted by atomic mass is 35.5. The Bertz CT molecular complexity index is 701. The number of hydrogen-bond acceptors (Lipinski definition) is 3. The summed E-state index contributed by atoms with van der Waals surface area (Å²) >= 11 is 0. The fourth-order valence-electron chi connectivity index (χ4n) is 4.22. The molecule has 1 saturated heterocycles. The number of rotatable bonds is 4. The SMILES string of the molecule is Cl.O=C(Nc1ccc(Cn2cccn2)cc1)[C@@]12CCCC[C@H]1CNC2. The standard InChI is InChI=1S/C19H24N4O.ClH/c24-18(19-9-2-1-4-16(19)12-20-14-19)22-17-7-5-15(6-8-17)13-23-11-3-10-21-23;/h3,5-8,10-11,16,20H,1-2,4,9,12-14H2,(H,22,24);1H/t16-,19+;/m0./s1. The molecule has 1 amide bonds. The second-order valence-corrected chi connectivity index (χ2v) is 7.08. The topological polar surface area (TPSA) is 59.0 Å². The van der Waals surface area contributed by atoms with E-state index in [0.29, 0.717) is 5.92 Å². The van der Waals surface area contributed by atoms with Crippen LogP contribution in [0, 0.1) is 11.3 Å². The zero-order valence-corrected chi connectivity index (χ0v) is 15.1. The van der Waals surface area contributed by atoms with Crippen LogP contribution in [0.15, 0.2) is 42.7 Å². The zero-order chi connectivity index (χ0) is 16.4. The Morgan fingerprint density at radius 2 is 2.16 bits per heavy atom. The summed E-state index contributed by atoms with van der Waals surface area (Å²) in [6, 6.07) is 10.0. The van der Waals surface area contributed by atoms with E-state index in [9.17, 15) is 4.79 Å².